The molecular weight excluding hydrogens is 392 g/mol. The fourth-order valence-electron chi connectivity index (χ4n) is 5.11. The van der Waals surface area contributed by atoms with Gasteiger partial charge in [-0.3, -0.25) is 4.90 Å². The SMILES string of the molecule is Clc1c(-c2ccc(CN3CCC(C4CC4)CC3)cc2)ccc2c1nnn2CC1CC1. The summed E-state index contributed by atoms with van der Waals surface area (Å²) >= 11 is 6.76. The normalized spacial score (nSPS) is 20.8. The average Bonchev–Trinajstić information content (AvgIpc) is 3.69. The Labute approximate surface area is 183 Å². The molecule has 1 aromatic heterocycles. The Balaban J connectivity index is 1.16. The molecule has 0 bridgehead atoms. The average molecular weight is 421 g/mol. The van der Waals surface area contributed by atoms with Crippen LogP contribution in [0.15, 0.2) is 36.4 Å². The van der Waals surface area contributed by atoms with Crippen molar-refractivity contribution in [3.63, 3.8) is 0 Å². The molecule has 4 nitrogen and oxygen atoms in total. The van der Waals surface area contributed by atoms with Gasteiger partial charge in [0, 0.05) is 18.7 Å². The number of piperidine rings is 1. The van der Waals surface area contributed by atoms with Crippen molar-refractivity contribution < 1.29 is 0 Å². The number of likely N-dealkylation sites (tertiary alicyclic amines) is 1. The monoisotopic (exact) mass is 420 g/mol. The molecule has 2 saturated carbocycles. The van der Waals surface area contributed by atoms with E-state index in [1.807, 2.05) is 4.68 Å². The van der Waals surface area contributed by atoms with Crippen LogP contribution in [0.1, 0.15) is 44.1 Å². The summed E-state index contributed by atoms with van der Waals surface area (Å²) in [6.45, 7) is 4.52. The fraction of sp³-hybridized carbons (Fsp3) is 0.520. The van der Waals surface area contributed by atoms with Gasteiger partial charge in [-0.15, -0.1) is 5.10 Å². The lowest BCUT2D eigenvalue weighted by atomic mass is 9.92. The standard InChI is InChI=1S/C25H29ClN4/c26-24-22(9-10-23-25(24)27-28-30(23)16-18-1-2-18)21-5-3-17(4-6-21)15-29-13-11-20(12-14-29)19-7-8-19/h3-6,9-10,18-20H,1-2,7-8,11-16H2. The van der Waals surface area contributed by atoms with E-state index in [9.17, 15) is 0 Å². The molecular formula is C25H29ClN4. The highest BCUT2D eigenvalue weighted by molar-refractivity contribution is 6.37. The number of fused-ring (bicyclic) bond motifs is 1. The van der Waals surface area contributed by atoms with Gasteiger partial charge < -0.3 is 0 Å². The number of aromatic nitrogens is 3. The topological polar surface area (TPSA) is 34.0 Å². The first-order valence-corrected chi connectivity index (χ1v) is 12.0. The molecule has 6 rings (SSSR count). The van der Waals surface area contributed by atoms with Gasteiger partial charge in [0.2, 0.25) is 0 Å². The van der Waals surface area contributed by atoms with Crippen LogP contribution in [0.5, 0.6) is 0 Å². The molecule has 1 aliphatic heterocycles. The summed E-state index contributed by atoms with van der Waals surface area (Å²) in [6, 6.07) is 13.2. The minimum atomic E-state index is 0.712. The largest absolute Gasteiger partial charge is 0.299 e. The highest BCUT2D eigenvalue weighted by Gasteiger charge is 2.33. The molecule has 2 aliphatic carbocycles. The van der Waals surface area contributed by atoms with Crippen molar-refractivity contribution >= 4 is 22.6 Å². The lowest BCUT2D eigenvalue weighted by Crippen LogP contribution is -2.33. The van der Waals surface area contributed by atoms with Gasteiger partial charge in [0.1, 0.15) is 5.52 Å². The third-order valence-electron chi connectivity index (χ3n) is 7.35. The van der Waals surface area contributed by atoms with E-state index in [-0.39, 0.29) is 0 Å². The summed E-state index contributed by atoms with van der Waals surface area (Å²) in [4.78, 5) is 2.62. The molecule has 3 fully saturated rings. The first-order chi connectivity index (χ1) is 14.7. The maximum absolute atomic E-state index is 6.76. The van der Waals surface area contributed by atoms with E-state index in [2.05, 4.69) is 51.6 Å². The van der Waals surface area contributed by atoms with E-state index in [4.69, 9.17) is 11.6 Å². The van der Waals surface area contributed by atoms with Crippen LogP contribution in [0.3, 0.4) is 0 Å². The minimum absolute atomic E-state index is 0.712. The van der Waals surface area contributed by atoms with Gasteiger partial charge in [-0.25, -0.2) is 4.68 Å². The third-order valence-corrected chi connectivity index (χ3v) is 7.73. The van der Waals surface area contributed by atoms with Crippen LogP contribution >= 0.6 is 11.6 Å². The summed E-state index contributed by atoms with van der Waals surface area (Å²) in [5, 5.41) is 9.44. The predicted molar refractivity (Wildman–Crippen MR) is 121 cm³/mol. The number of halogens is 1. The van der Waals surface area contributed by atoms with Crippen molar-refractivity contribution in [3.05, 3.63) is 47.0 Å². The summed E-state index contributed by atoms with van der Waals surface area (Å²) in [5.74, 6) is 2.83. The van der Waals surface area contributed by atoms with Gasteiger partial charge in [-0.05, 0) is 86.6 Å². The Morgan fingerprint density at radius 3 is 2.30 bits per heavy atom. The number of rotatable bonds is 6. The zero-order chi connectivity index (χ0) is 20.1. The highest BCUT2D eigenvalue weighted by atomic mass is 35.5. The molecule has 5 heteroatoms. The summed E-state index contributed by atoms with van der Waals surface area (Å²) in [5.41, 5.74) is 5.43. The molecule has 0 amide bonds. The van der Waals surface area contributed by atoms with Crippen LogP contribution in [0.2, 0.25) is 5.02 Å². The van der Waals surface area contributed by atoms with Crippen molar-refractivity contribution in [2.75, 3.05) is 13.1 Å². The molecule has 3 aromatic rings. The van der Waals surface area contributed by atoms with Crippen molar-refractivity contribution in [2.45, 2.75) is 51.6 Å². The van der Waals surface area contributed by atoms with Crippen molar-refractivity contribution in [1.82, 2.24) is 19.9 Å². The van der Waals surface area contributed by atoms with E-state index in [1.165, 1.54) is 57.2 Å². The van der Waals surface area contributed by atoms with Gasteiger partial charge >= 0.3 is 0 Å². The van der Waals surface area contributed by atoms with Crippen LogP contribution in [0.4, 0.5) is 0 Å². The molecule has 156 valence electrons. The molecule has 1 saturated heterocycles. The molecule has 0 atom stereocenters. The molecule has 3 aliphatic rings. The van der Waals surface area contributed by atoms with E-state index < -0.39 is 0 Å². The molecule has 0 spiro atoms. The lowest BCUT2D eigenvalue weighted by molar-refractivity contribution is 0.166. The second-order valence-electron chi connectivity index (χ2n) is 9.66. The molecule has 0 radical (unpaired) electrons. The first-order valence-electron chi connectivity index (χ1n) is 11.6. The zero-order valence-corrected chi connectivity index (χ0v) is 18.2. The second kappa shape index (κ2) is 7.65. The van der Waals surface area contributed by atoms with E-state index in [0.29, 0.717) is 5.02 Å². The van der Waals surface area contributed by atoms with Crippen molar-refractivity contribution in [2.24, 2.45) is 17.8 Å². The van der Waals surface area contributed by atoms with Crippen molar-refractivity contribution in [1.29, 1.82) is 0 Å². The summed E-state index contributed by atoms with van der Waals surface area (Å²) < 4.78 is 2.01. The molecule has 0 N–H and O–H groups in total. The number of hydrogen-bond acceptors (Lipinski definition) is 3. The number of hydrogen-bond donors (Lipinski definition) is 0. The summed E-state index contributed by atoms with van der Waals surface area (Å²) in [6.07, 6.45) is 8.35. The third kappa shape index (κ3) is 3.76. The van der Waals surface area contributed by atoms with Crippen LogP contribution in [0.25, 0.3) is 22.2 Å². The minimum Gasteiger partial charge on any atom is -0.299 e. The Bertz CT molecular complexity index is 1040. The van der Waals surface area contributed by atoms with E-state index >= 15 is 0 Å². The quantitative estimate of drug-likeness (QED) is 0.506. The van der Waals surface area contributed by atoms with Gasteiger partial charge in [0.05, 0.1) is 10.5 Å². The van der Waals surface area contributed by atoms with Crippen LogP contribution in [-0.4, -0.2) is 33.0 Å². The van der Waals surface area contributed by atoms with Crippen molar-refractivity contribution in [3.8, 4) is 11.1 Å². The Hall–Kier alpha value is -1.91. The van der Waals surface area contributed by atoms with Crippen LogP contribution in [-0.2, 0) is 13.1 Å². The Kier molecular flexibility index (Phi) is 4.80. The van der Waals surface area contributed by atoms with Crippen LogP contribution in [0, 0.1) is 17.8 Å². The number of benzene rings is 2. The van der Waals surface area contributed by atoms with Gasteiger partial charge in [-0.2, -0.15) is 0 Å². The fourth-order valence-corrected chi connectivity index (χ4v) is 5.41. The van der Waals surface area contributed by atoms with Gasteiger partial charge in [-0.1, -0.05) is 47.1 Å². The second-order valence-corrected chi connectivity index (χ2v) is 10.0. The molecule has 2 heterocycles. The molecule has 2 aromatic carbocycles. The molecule has 0 unspecified atom stereocenters. The van der Waals surface area contributed by atoms with Gasteiger partial charge in [0.25, 0.3) is 0 Å². The maximum atomic E-state index is 6.76. The zero-order valence-electron chi connectivity index (χ0n) is 17.4. The maximum Gasteiger partial charge on any atom is 0.132 e. The van der Waals surface area contributed by atoms with E-state index in [1.54, 1.807) is 0 Å². The first kappa shape index (κ1) is 18.8. The lowest BCUT2D eigenvalue weighted by Gasteiger charge is -2.32. The Morgan fingerprint density at radius 2 is 1.60 bits per heavy atom. The predicted octanol–water partition coefficient (Wildman–Crippen LogP) is 5.78. The summed E-state index contributed by atoms with van der Waals surface area (Å²) in [7, 11) is 0. The van der Waals surface area contributed by atoms with Gasteiger partial charge in [0.15, 0.2) is 0 Å². The Morgan fingerprint density at radius 1 is 0.867 bits per heavy atom. The van der Waals surface area contributed by atoms with Crippen LogP contribution < -0.4 is 0 Å². The highest BCUT2D eigenvalue weighted by Crippen LogP contribution is 2.42. The smallest absolute Gasteiger partial charge is 0.132 e. The number of nitrogens with zero attached hydrogens (tertiary/aromatic N) is 4. The molecule has 30 heavy (non-hydrogen) atoms. The van der Waals surface area contributed by atoms with E-state index in [0.717, 1.165) is 53.0 Å².